The Hall–Kier alpha value is -7.36. The summed E-state index contributed by atoms with van der Waals surface area (Å²) in [4.78, 5) is 2.42. The molecule has 0 fully saturated rings. The average molecular weight is 846 g/mol. The lowest BCUT2D eigenvalue weighted by Crippen LogP contribution is -2.17. The standard InChI is InChI=1S/C40H33NO.C13H10O.C9H12/c1-24-14-18-33-34(20-24)40(4,5)35-23-36(29-10-6-7-12-32(29)39(33)35)41(27-16-15-25(2)26(3)21-27)28-17-19-31-30-11-8-9-13-37(30)42-38(31)22-28;1-9-6-7-11-10-4-2-3-5-12(10)14-13(11)8-9;1-7-4-5-8(2)9(3)6-7/h6-23H,1-5H3;2-8H,1H3;4-6H,1-3H3. The molecule has 9 aromatic carbocycles. The Balaban J connectivity index is 0.000000175. The SMILES string of the molecule is Cc1ccc(C)c(C)c1.Cc1ccc2c(c1)C(C)(C)c1cc(N(c3ccc(C)c(C)c3)c3ccc4c(c3)oc3ccccc34)c3ccccc3c1-2.Cc1ccc2c(c1)oc1ccccc12. The molecule has 3 heteroatoms. The Labute approximate surface area is 382 Å². The number of hydrogen-bond acceptors (Lipinski definition) is 3. The third-order valence-electron chi connectivity index (χ3n) is 13.6. The van der Waals surface area contributed by atoms with E-state index < -0.39 is 0 Å². The molecule has 0 saturated carbocycles. The highest BCUT2D eigenvalue weighted by atomic mass is 16.3. The number of anilines is 3. The molecule has 0 radical (unpaired) electrons. The first-order valence-electron chi connectivity index (χ1n) is 22.7. The second kappa shape index (κ2) is 16.3. The van der Waals surface area contributed by atoms with Crippen LogP contribution in [-0.4, -0.2) is 0 Å². The maximum Gasteiger partial charge on any atom is 0.137 e. The number of hydrogen-bond donors (Lipinski definition) is 0. The zero-order chi connectivity index (χ0) is 45.1. The van der Waals surface area contributed by atoms with Crippen molar-refractivity contribution >= 4 is 71.7 Å². The van der Waals surface area contributed by atoms with Crippen LogP contribution in [0.3, 0.4) is 0 Å². The van der Waals surface area contributed by atoms with E-state index in [0.717, 1.165) is 44.5 Å². The molecule has 0 bridgehead atoms. The van der Waals surface area contributed by atoms with Crippen LogP contribution in [0.15, 0.2) is 179 Å². The highest BCUT2D eigenvalue weighted by molar-refractivity contribution is 6.11. The van der Waals surface area contributed by atoms with E-state index in [9.17, 15) is 0 Å². The molecule has 0 atom stereocenters. The van der Waals surface area contributed by atoms with Crippen molar-refractivity contribution in [3.8, 4) is 11.1 Å². The summed E-state index contributed by atoms with van der Waals surface area (Å²) in [6.45, 7) is 19.8. The first kappa shape index (κ1) is 41.6. The summed E-state index contributed by atoms with van der Waals surface area (Å²) in [5, 5.41) is 7.21. The van der Waals surface area contributed by atoms with Crippen molar-refractivity contribution in [2.75, 3.05) is 4.90 Å². The lowest BCUT2D eigenvalue weighted by Gasteiger charge is -2.30. The van der Waals surface area contributed by atoms with Gasteiger partial charge in [-0.15, -0.1) is 0 Å². The molecule has 0 saturated heterocycles. The minimum Gasteiger partial charge on any atom is -0.456 e. The van der Waals surface area contributed by atoms with Gasteiger partial charge >= 0.3 is 0 Å². The van der Waals surface area contributed by atoms with Gasteiger partial charge in [0.25, 0.3) is 0 Å². The summed E-state index contributed by atoms with van der Waals surface area (Å²) in [5.74, 6) is 0. The van der Waals surface area contributed by atoms with E-state index in [1.54, 1.807) is 0 Å². The van der Waals surface area contributed by atoms with E-state index in [-0.39, 0.29) is 5.41 Å². The van der Waals surface area contributed by atoms with Gasteiger partial charge in [-0.2, -0.15) is 0 Å². The van der Waals surface area contributed by atoms with Gasteiger partial charge in [-0.05, 0) is 152 Å². The zero-order valence-corrected chi connectivity index (χ0v) is 38.9. The van der Waals surface area contributed by atoms with Crippen LogP contribution < -0.4 is 4.90 Å². The molecule has 3 nitrogen and oxygen atoms in total. The van der Waals surface area contributed by atoms with Gasteiger partial charge in [0.15, 0.2) is 0 Å². The Morgan fingerprint density at radius 1 is 0.354 bits per heavy atom. The minimum atomic E-state index is -0.118. The highest BCUT2D eigenvalue weighted by Crippen LogP contribution is 2.55. The van der Waals surface area contributed by atoms with E-state index in [4.69, 9.17) is 8.83 Å². The molecule has 0 aliphatic heterocycles. The van der Waals surface area contributed by atoms with E-state index in [1.165, 1.54) is 88.4 Å². The third kappa shape index (κ3) is 7.45. The molecule has 1 aliphatic rings. The summed E-state index contributed by atoms with van der Waals surface area (Å²) < 4.78 is 12.1. The molecule has 65 heavy (non-hydrogen) atoms. The van der Waals surface area contributed by atoms with Gasteiger partial charge in [0.2, 0.25) is 0 Å². The van der Waals surface area contributed by atoms with Crippen molar-refractivity contribution in [1.82, 2.24) is 0 Å². The van der Waals surface area contributed by atoms with Crippen molar-refractivity contribution in [1.29, 1.82) is 0 Å². The fourth-order valence-corrected chi connectivity index (χ4v) is 9.73. The van der Waals surface area contributed by atoms with E-state index in [2.05, 4.69) is 207 Å². The minimum absolute atomic E-state index is 0.118. The summed E-state index contributed by atoms with van der Waals surface area (Å²) >= 11 is 0. The smallest absolute Gasteiger partial charge is 0.137 e. The Morgan fingerprint density at radius 2 is 0.831 bits per heavy atom. The first-order chi connectivity index (χ1) is 31.3. The molecule has 1 aliphatic carbocycles. The number of aryl methyl sites for hydroxylation is 7. The van der Waals surface area contributed by atoms with Gasteiger partial charge in [-0.25, -0.2) is 0 Å². The number of benzene rings is 9. The van der Waals surface area contributed by atoms with Crippen molar-refractivity contribution in [2.24, 2.45) is 0 Å². The van der Waals surface area contributed by atoms with E-state index >= 15 is 0 Å². The molecule has 2 aromatic heterocycles. The van der Waals surface area contributed by atoms with Crippen LogP contribution in [0.1, 0.15) is 63.9 Å². The third-order valence-corrected chi connectivity index (χ3v) is 13.6. The van der Waals surface area contributed by atoms with Gasteiger partial charge in [-0.1, -0.05) is 140 Å². The molecule has 11 aromatic rings. The predicted octanol–water partition coefficient (Wildman–Crippen LogP) is 17.9. The predicted molar refractivity (Wildman–Crippen MR) is 277 cm³/mol. The van der Waals surface area contributed by atoms with Crippen LogP contribution in [0, 0.1) is 48.5 Å². The van der Waals surface area contributed by atoms with Crippen molar-refractivity contribution < 1.29 is 8.83 Å². The number of para-hydroxylation sites is 2. The summed E-state index contributed by atoms with van der Waals surface area (Å²) in [6.07, 6.45) is 0. The fraction of sp³-hybridized carbons (Fsp3) is 0.161. The maximum atomic E-state index is 6.38. The largest absolute Gasteiger partial charge is 0.456 e. The van der Waals surface area contributed by atoms with Gasteiger partial charge in [0.1, 0.15) is 22.3 Å². The van der Waals surface area contributed by atoms with Crippen LogP contribution in [-0.2, 0) is 5.41 Å². The molecular weight excluding hydrogens is 791 g/mol. The highest BCUT2D eigenvalue weighted by Gasteiger charge is 2.38. The topological polar surface area (TPSA) is 29.5 Å². The van der Waals surface area contributed by atoms with Gasteiger partial charge in [0.05, 0.1) is 5.69 Å². The average Bonchev–Trinajstić information content (AvgIpc) is 3.93. The Bertz CT molecular complexity index is 3620. The monoisotopic (exact) mass is 845 g/mol. The lowest BCUT2D eigenvalue weighted by molar-refractivity contribution is 0.660. The molecule has 0 N–H and O–H groups in total. The quantitative estimate of drug-likeness (QED) is 0.177. The molecule has 320 valence electrons. The summed E-state index contributed by atoms with van der Waals surface area (Å²) in [6, 6.07) is 61.0. The number of rotatable bonds is 3. The second-order valence-corrected chi connectivity index (χ2v) is 18.6. The van der Waals surface area contributed by atoms with Crippen molar-refractivity contribution in [3.63, 3.8) is 0 Å². The molecule has 12 rings (SSSR count). The van der Waals surface area contributed by atoms with Gasteiger partial charge < -0.3 is 13.7 Å². The van der Waals surface area contributed by atoms with Gasteiger partial charge in [-0.3, -0.25) is 0 Å². The number of nitrogens with zero attached hydrogens (tertiary/aromatic N) is 1. The van der Waals surface area contributed by atoms with Crippen LogP contribution >= 0.6 is 0 Å². The van der Waals surface area contributed by atoms with Crippen LogP contribution in [0.4, 0.5) is 17.1 Å². The molecular formula is C62H55NO2. The lowest BCUT2D eigenvalue weighted by atomic mass is 9.81. The van der Waals surface area contributed by atoms with Crippen LogP contribution in [0.5, 0.6) is 0 Å². The zero-order valence-electron chi connectivity index (χ0n) is 38.9. The number of fused-ring (bicyclic) bond motifs is 11. The Morgan fingerprint density at radius 3 is 1.48 bits per heavy atom. The fourth-order valence-electron chi connectivity index (χ4n) is 9.73. The molecule has 2 heterocycles. The number of furan rings is 2. The molecule has 0 unspecified atom stereocenters. The summed E-state index contributed by atoms with van der Waals surface area (Å²) in [7, 11) is 0. The second-order valence-electron chi connectivity index (χ2n) is 18.6. The molecule has 0 spiro atoms. The van der Waals surface area contributed by atoms with Crippen LogP contribution in [0.25, 0.3) is 65.8 Å². The normalized spacial score (nSPS) is 12.5. The van der Waals surface area contributed by atoms with Gasteiger partial charge in [0, 0.05) is 49.8 Å². The van der Waals surface area contributed by atoms with E-state index in [1.807, 2.05) is 30.3 Å². The summed E-state index contributed by atoms with van der Waals surface area (Å²) in [5.41, 5.74) is 21.7. The van der Waals surface area contributed by atoms with E-state index in [0.29, 0.717) is 0 Å². The Kier molecular flexibility index (Phi) is 10.5. The van der Waals surface area contributed by atoms with Crippen molar-refractivity contribution in [2.45, 2.75) is 67.7 Å². The van der Waals surface area contributed by atoms with Crippen molar-refractivity contribution in [3.05, 3.63) is 220 Å². The molecule has 0 amide bonds. The maximum absolute atomic E-state index is 6.38. The first-order valence-corrected chi connectivity index (χ1v) is 22.7. The van der Waals surface area contributed by atoms with Crippen LogP contribution in [0.2, 0.25) is 0 Å².